The van der Waals surface area contributed by atoms with Crippen molar-refractivity contribution in [3.8, 4) is 0 Å². The van der Waals surface area contributed by atoms with Gasteiger partial charge in [0, 0.05) is 17.3 Å². The zero-order chi connectivity index (χ0) is 17.6. The maximum Gasteiger partial charge on any atom is 0.228 e. The molecule has 6 heteroatoms. The third-order valence-electron chi connectivity index (χ3n) is 6.45. The smallest absolute Gasteiger partial charge is 0.228 e. The van der Waals surface area contributed by atoms with Crippen LogP contribution in [0.15, 0.2) is 28.7 Å². The highest BCUT2D eigenvalue weighted by Crippen LogP contribution is 2.74. The molecular weight excluding hydrogens is 384 g/mol. The van der Waals surface area contributed by atoms with Crippen molar-refractivity contribution in [2.24, 2.45) is 29.1 Å². The van der Waals surface area contributed by atoms with Crippen LogP contribution in [-0.2, 0) is 14.3 Å². The zero-order valence-corrected chi connectivity index (χ0v) is 15.8. The van der Waals surface area contributed by atoms with Gasteiger partial charge in [0.1, 0.15) is 6.73 Å². The lowest BCUT2D eigenvalue weighted by Crippen LogP contribution is -2.43. The summed E-state index contributed by atoms with van der Waals surface area (Å²) in [5.41, 5.74) is 1.02. The molecule has 4 unspecified atom stereocenters. The van der Waals surface area contributed by atoms with Gasteiger partial charge in [-0.05, 0) is 67.2 Å². The first-order chi connectivity index (χ1) is 12.1. The summed E-state index contributed by atoms with van der Waals surface area (Å²) in [7, 11) is 1.56. The van der Waals surface area contributed by atoms with E-state index in [9.17, 15) is 9.59 Å². The number of halogens is 1. The highest BCUT2D eigenvalue weighted by molar-refractivity contribution is 9.10. The molecule has 134 valence electrons. The molecule has 1 spiro atoms. The number of carbonyl (C=O) groups is 2. The molecule has 4 rings (SSSR count). The van der Waals surface area contributed by atoms with Gasteiger partial charge in [-0.15, -0.1) is 0 Å². The second-order valence-electron chi connectivity index (χ2n) is 7.55. The summed E-state index contributed by atoms with van der Waals surface area (Å²) in [6.07, 6.45) is 4.46. The fourth-order valence-corrected chi connectivity index (χ4v) is 5.65. The molecule has 1 aromatic rings. The fraction of sp³-hybridized carbons (Fsp3) is 0.579. The maximum atomic E-state index is 13.1. The first-order valence-corrected chi connectivity index (χ1v) is 9.69. The molecule has 4 atom stereocenters. The first-order valence-electron chi connectivity index (χ1n) is 8.90. The number of benzene rings is 1. The van der Waals surface area contributed by atoms with Crippen molar-refractivity contribution in [1.82, 2.24) is 5.32 Å². The van der Waals surface area contributed by atoms with Crippen molar-refractivity contribution in [3.05, 3.63) is 28.7 Å². The summed E-state index contributed by atoms with van der Waals surface area (Å²) >= 11 is 3.40. The molecule has 5 nitrogen and oxygen atoms in total. The van der Waals surface area contributed by atoms with Gasteiger partial charge in [-0.3, -0.25) is 9.59 Å². The van der Waals surface area contributed by atoms with Gasteiger partial charge in [0.2, 0.25) is 11.8 Å². The van der Waals surface area contributed by atoms with Crippen molar-refractivity contribution in [3.63, 3.8) is 0 Å². The van der Waals surface area contributed by atoms with Gasteiger partial charge in [0.15, 0.2) is 0 Å². The summed E-state index contributed by atoms with van der Waals surface area (Å²) in [5.74, 6) is 0.171. The van der Waals surface area contributed by atoms with E-state index in [1.165, 1.54) is 12.8 Å². The van der Waals surface area contributed by atoms with Gasteiger partial charge >= 0.3 is 0 Å². The molecule has 0 radical (unpaired) electrons. The molecule has 0 heterocycles. The van der Waals surface area contributed by atoms with Crippen molar-refractivity contribution >= 4 is 33.4 Å². The van der Waals surface area contributed by atoms with Crippen LogP contribution in [0.25, 0.3) is 0 Å². The highest BCUT2D eigenvalue weighted by Gasteiger charge is 2.71. The number of nitrogens with one attached hydrogen (secondary N) is 2. The minimum atomic E-state index is -0.234. The number of carbonyl (C=O) groups excluding carboxylic acids is 2. The molecule has 3 fully saturated rings. The van der Waals surface area contributed by atoms with E-state index in [-0.39, 0.29) is 35.8 Å². The third-order valence-corrected chi connectivity index (χ3v) is 6.98. The van der Waals surface area contributed by atoms with Gasteiger partial charge in [-0.2, -0.15) is 0 Å². The molecule has 0 aliphatic heterocycles. The molecule has 2 amide bonds. The Kier molecular flexibility index (Phi) is 4.36. The number of methoxy groups -OCH3 is 1. The number of rotatable bonds is 5. The summed E-state index contributed by atoms with van der Waals surface area (Å²) in [6, 6.07) is 7.56. The Bertz CT molecular complexity index is 686. The number of anilines is 1. The van der Waals surface area contributed by atoms with E-state index < -0.39 is 0 Å². The molecule has 2 bridgehead atoms. The normalized spacial score (nSPS) is 31.1. The predicted octanol–water partition coefficient (Wildman–Crippen LogP) is 3.16. The quantitative estimate of drug-likeness (QED) is 0.737. The van der Waals surface area contributed by atoms with Crippen molar-refractivity contribution in [2.75, 3.05) is 19.2 Å². The summed E-state index contributed by atoms with van der Waals surface area (Å²) < 4.78 is 5.96. The summed E-state index contributed by atoms with van der Waals surface area (Å²) in [4.78, 5) is 25.8. The molecule has 3 aliphatic carbocycles. The Hall–Kier alpha value is -1.40. The SMILES string of the molecule is COCNC(=O)C1C(C(=O)Nc2ccc(Br)cc2)C2CCC1C21CC1. The predicted molar refractivity (Wildman–Crippen MR) is 97.7 cm³/mol. The largest absolute Gasteiger partial charge is 0.364 e. The minimum Gasteiger partial charge on any atom is -0.364 e. The average molecular weight is 407 g/mol. The van der Waals surface area contributed by atoms with Gasteiger partial charge in [-0.25, -0.2) is 0 Å². The van der Waals surface area contributed by atoms with Crippen LogP contribution in [0.5, 0.6) is 0 Å². The first kappa shape index (κ1) is 17.0. The van der Waals surface area contributed by atoms with E-state index in [1.54, 1.807) is 7.11 Å². The monoisotopic (exact) mass is 406 g/mol. The lowest BCUT2D eigenvalue weighted by Gasteiger charge is -2.29. The molecule has 0 aromatic heterocycles. The van der Waals surface area contributed by atoms with Crippen LogP contribution >= 0.6 is 15.9 Å². The van der Waals surface area contributed by atoms with Gasteiger partial charge in [0.05, 0.1) is 11.8 Å². The number of hydrogen-bond donors (Lipinski definition) is 2. The van der Waals surface area contributed by atoms with Crippen molar-refractivity contribution in [1.29, 1.82) is 0 Å². The Morgan fingerprint density at radius 1 is 1.12 bits per heavy atom. The number of amides is 2. The van der Waals surface area contributed by atoms with Crippen LogP contribution in [0.1, 0.15) is 25.7 Å². The molecule has 25 heavy (non-hydrogen) atoms. The van der Waals surface area contributed by atoms with E-state index in [4.69, 9.17) is 4.74 Å². The Balaban J connectivity index is 1.56. The van der Waals surface area contributed by atoms with Crippen LogP contribution in [0.2, 0.25) is 0 Å². The van der Waals surface area contributed by atoms with E-state index >= 15 is 0 Å². The van der Waals surface area contributed by atoms with Crippen LogP contribution in [0.3, 0.4) is 0 Å². The van der Waals surface area contributed by atoms with E-state index in [1.807, 2.05) is 24.3 Å². The molecule has 1 aromatic carbocycles. The topological polar surface area (TPSA) is 67.4 Å². The van der Waals surface area contributed by atoms with Gasteiger partial charge in [-0.1, -0.05) is 15.9 Å². The molecule has 3 aliphatic rings. The van der Waals surface area contributed by atoms with Crippen LogP contribution in [-0.4, -0.2) is 25.7 Å². The Morgan fingerprint density at radius 3 is 2.28 bits per heavy atom. The maximum absolute atomic E-state index is 13.1. The van der Waals surface area contributed by atoms with E-state index in [0.29, 0.717) is 11.8 Å². The van der Waals surface area contributed by atoms with Crippen LogP contribution in [0, 0.1) is 29.1 Å². The average Bonchev–Trinajstić information content (AvgIpc) is 3.27. The molecule has 3 saturated carbocycles. The summed E-state index contributed by atoms with van der Waals surface area (Å²) in [5, 5.41) is 5.86. The second kappa shape index (κ2) is 6.40. The molecular formula is C19H23BrN2O3. The van der Waals surface area contributed by atoms with E-state index in [2.05, 4.69) is 26.6 Å². The minimum absolute atomic E-state index is 0.0154. The van der Waals surface area contributed by atoms with Gasteiger partial charge in [0.25, 0.3) is 0 Å². The van der Waals surface area contributed by atoms with Crippen molar-refractivity contribution in [2.45, 2.75) is 25.7 Å². The zero-order valence-electron chi connectivity index (χ0n) is 14.3. The summed E-state index contributed by atoms with van der Waals surface area (Å²) in [6.45, 7) is 0.195. The lowest BCUT2D eigenvalue weighted by atomic mass is 9.78. The number of ether oxygens (including phenoxy) is 1. The molecule has 0 saturated heterocycles. The van der Waals surface area contributed by atoms with Crippen LogP contribution in [0.4, 0.5) is 5.69 Å². The number of hydrogen-bond acceptors (Lipinski definition) is 3. The standard InChI is InChI=1S/C19H23BrN2O3/c1-25-10-21-17(23)15-13-6-7-14(19(13)8-9-19)16(15)18(24)22-12-4-2-11(20)3-5-12/h2-5,13-16H,6-10H2,1H3,(H,21,23)(H,22,24). The van der Waals surface area contributed by atoms with E-state index in [0.717, 1.165) is 23.0 Å². The molecule has 2 N–H and O–H groups in total. The van der Waals surface area contributed by atoms with Crippen molar-refractivity contribution < 1.29 is 14.3 Å². The van der Waals surface area contributed by atoms with Gasteiger partial charge < -0.3 is 15.4 Å². The second-order valence-corrected chi connectivity index (χ2v) is 8.46. The fourth-order valence-electron chi connectivity index (χ4n) is 5.38. The Labute approximate surface area is 156 Å². The lowest BCUT2D eigenvalue weighted by molar-refractivity contribution is -0.135. The highest BCUT2D eigenvalue weighted by atomic mass is 79.9. The Morgan fingerprint density at radius 2 is 1.72 bits per heavy atom. The van der Waals surface area contributed by atoms with Crippen LogP contribution < -0.4 is 10.6 Å². The third kappa shape index (κ3) is 2.79.